The third-order valence-electron chi connectivity index (χ3n) is 6.84. The lowest BCUT2D eigenvalue weighted by Gasteiger charge is -2.27. The van der Waals surface area contributed by atoms with E-state index in [1.165, 1.54) is 0 Å². The minimum atomic E-state index is -0.0946. The maximum Gasteiger partial charge on any atom is 0.254 e. The number of carbonyl (C=O) groups is 2. The van der Waals surface area contributed by atoms with Gasteiger partial charge in [-0.25, -0.2) is 4.98 Å². The lowest BCUT2D eigenvalue weighted by Crippen LogP contribution is -2.35. The van der Waals surface area contributed by atoms with Crippen molar-refractivity contribution in [2.75, 3.05) is 60.0 Å². The molecule has 0 aliphatic carbocycles. The van der Waals surface area contributed by atoms with Crippen molar-refractivity contribution in [1.82, 2.24) is 14.8 Å². The van der Waals surface area contributed by atoms with Crippen LogP contribution in [-0.4, -0.2) is 81.7 Å². The average Bonchev–Trinajstić information content (AvgIpc) is 3.35. The molecule has 3 aromatic rings. The Morgan fingerprint density at radius 1 is 1.00 bits per heavy atom. The maximum absolute atomic E-state index is 13.7. The molecule has 1 aliphatic rings. The molecule has 1 saturated heterocycles. The summed E-state index contributed by atoms with van der Waals surface area (Å²) < 4.78 is 16.4. The van der Waals surface area contributed by atoms with E-state index in [9.17, 15) is 9.59 Å². The van der Waals surface area contributed by atoms with Gasteiger partial charge in [0.15, 0.2) is 0 Å². The first-order valence-electron chi connectivity index (χ1n) is 12.8. The van der Waals surface area contributed by atoms with Gasteiger partial charge in [0.05, 0.1) is 21.3 Å². The Kier molecular flexibility index (Phi) is 8.55. The van der Waals surface area contributed by atoms with Crippen molar-refractivity contribution < 1.29 is 23.8 Å². The average molecular weight is 521 g/mol. The second-order valence-electron chi connectivity index (χ2n) is 9.52. The number of anilines is 1. The third-order valence-corrected chi connectivity index (χ3v) is 6.84. The third kappa shape index (κ3) is 5.77. The lowest BCUT2D eigenvalue weighted by atomic mass is 10.1. The zero-order chi connectivity index (χ0) is 27.2. The Labute approximate surface area is 223 Å². The van der Waals surface area contributed by atoms with Gasteiger partial charge in [-0.15, -0.1) is 0 Å². The van der Waals surface area contributed by atoms with Crippen LogP contribution in [0.4, 0.5) is 5.82 Å². The number of methoxy groups -OCH3 is 3. The van der Waals surface area contributed by atoms with Gasteiger partial charge in [-0.2, -0.15) is 0 Å². The van der Waals surface area contributed by atoms with Gasteiger partial charge in [0, 0.05) is 63.2 Å². The molecule has 2 amide bonds. The Balaban J connectivity index is 1.69. The van der Waals surface area contributed by atoms with Crippen molar-refractivity contribution in [3.05, 3.63) is 53.6 Å². The van der Waals surface area contributed by atoms with E-state index in [-0.39, 0.29) is 11.8 Å². The lowest BCUT2D eigenvalue weighted by molar-refractivity contribution is -0.127. The number of benzene rings is 2. The number of hydrogen-bond donors (Lipinski definition) is 0. The zero-order valence-corrected chi connectivity index (χ0v) is 22.8. The van der Waals surface area contributed by atoms with Gasteiger partial charge in [-0.3, -0.25) is 9.59 Å². The number of rotatable bonds is 11. The Morgan fingerprint density at radius 2 is 1.71 bits per heavy atom. The standard InChI is InChI=1S/C29H36N4O5/c1-31(2)28-21(18-23-24(37-4)13-14-25(38-5)27(23)30-28)19-33(17-7-16-32-15-6-8-26(32)34)29(35)20-9-11-22(36-3)12-10-20/h9-14,18H,6-8,15-17,19H2,1-5H3. The number of ether oxygens (including phenoxy) is 3. The highest BCUT2D eigenvalue weighted by molar-refractivity contribution is 5.95. The van der Waals surface area contributed by atoms with E-state index >= 15 is 0 Å². The van der Waals surface area contributed by atoms with Crippen molar-refractivity contribution in [1.29, 1.82) is 0 Å². The van der Waals surface area contributed by atoms with Gasteiger partial charge < -0.3 is 28.9 Å². The van der Waals surface area contributed by atoms with Crippen LogP contribution >= 0.6 is 0 Å². The number of likely N-dealkylation sites (tertiary alicyclic amines) is 1. The molecular formula is C29H36N4O5. The quantitative estimate of drug-likeness (QED) is 0.378. The first kappa shape index (κ1) is 27.0. The second kappa shape index (κ2) is 12.0. The molecule has 0 atom stereocenters. The molecule has 1 aliphatic heterocycles. The summed E-state index contributed by atoms with van der Waals surface area (Å²) in [6.07, 6.45) is 2.19. The van der Waals surface area contributed by atoms with E-state index in [0.29, 0.717) is 60.8 Å². The number of nitrogens with zero attached hydrogens (tertiary/aromatic N) is 4. The predicted molar refractivity (Wildman–Crippen MR) is 147 cm³/mol. The maximum atomic E-state index is 13.7. The number of amides is 2. The van der Waals surface area contributed by atoms with Crippen LogP contribution in [0.3, 0.4) is 0 Å². The molecule has 38 heavy (non-hydrogen) atoms. The van der Waals surface area contributed by atoms with Crippen molar-refractivity contribution in [3.8, 4) is 17.2 Å². The van der Waals surface area contributed by atoms with Crippen LogP contribution < -0.4 is 19.1 Å². The van der Waals surface area contributed by atoms with Crippen LogP contribution in [0.25, 0.3) is 10.9 Å². The molecule has 0 bridgehead atoms. The number of pyridine rings is 1. The molecule has 2 aromatic carbocycles. The largest absolute Gasteiger partial charge is 0.497 e. The molecule has 0 spiro atoms. The Bertz CT molecular complexity index is 1290. The van der Waals surface area contributed by atoms with E-state index in [1.54, 1.807) is 45.6 Å². The van der Waals surface area contributed by atoms with E-state index in [4.69, 9.17) is 19.2 Å². The van der Waals surface area contributed by atoms with Crippen LogP contribution in [-0.2, 0) is 11.3 Å². The molecule has 9 nitrogen and oxygen atoms in total. The first-order chi connectivity index (χ1) is 18.4. The summed E-state index contributed by atoms with van der Waals surface area (Å²) >= 11 is 0. The minimum absolute atomic E-state index is 0.0946. The summed E-state index contributed by atoms with van der Waals surface area (Å²) in [5.41, 5.74) is 2.15. The SMILES string of the molecule is COc1ccc(C(=O)N(CCCN2CCCC2=O)Cc2cc3c(OC)ccc(OC)c3nc2N(C)C)cc1. The van der Waals surface area contributed by atoms with Gasteiger partial charge in [-0.05, 0) is 55.3 Å². The van der Waals surface area contributed by atoms with Gasteiger partial charge in [-0.1, -0.05) is 0 Å². The predicted octanol–water partition coefficient (Wildman–Crippen LogP) is 3.98. The van der Waals surface area contributed by atoms with Gasteiger partial charge in [0.2, 0.25) is 5.91 Å². The smallest absolute Gasteiger partial charge is 0.254 e. The summed E-state index contributed by atoms with van der Waals surface area (Å²) in [7, 11) is 8.70. The van der Waals surface area contributed by atoms with Crippen molar-refractivity contribution in [3.63, 3.8) is 0 Å². The molecule has 9 heteroatoms. The molecule has 2 heterocycles. The summed E-state index contributed by atoms with van der Waals surface area (Å²) in [5.74, 6) is 2.86. The van der Waals surface area contributed by atoms with Crippen molar-refractivity contribution in [2.45, 2.75) is 25.8 Å². The molecular weight excluding hydrogens is 484 g/mol. The van der Waals surface area contributed by atoms with Crippen LogP contribution in [0, 0.1) is 0 Å². The van der Waals surface area contributed by atoms with Gasteiger partial charge >= 0.3 is 0 Å². The van der Waals surface area contributed by atoms with E-state index in [0.717, 1.165) is 29.7 Å². The highest BCUT2D eigenvalue weighted by Gasteiger charge is 2.23. The minimum Gasteiger partial charge on any atom is -0.497 e. The summed E-state index contributed by atoms with van der Waals surface area (Å²) in [5, 5.41) is 0.812. The molecule has 4 rings (SSSR count). The van der Waals surface area contributed by atoms with Crippen molar-refractivity contribution >= 4 is 28.5 Å². The van der Waals surface area contributed by atoms with Crippen LogP contribution in [0.15, 0.2) is 42.5 Å². The normalized spacial score (nSPS) is 13.1. The fourth-order valence-electron chi connectivity index (χ4n) is 4.85. The van der Waals surface area contributed by atoms with E-state index in [1.807, 2.05) is 47.0 Å². The first-order valence-corrected chi connectivity index (χ1v) is 12.8. The number of carbonyl (C=O) groups excluding carboxylic acids is 2. The second-order valence-corrected chi connectivity index (χ2v) is 9.52. The molecule has 0 radical (unpaired) electrons. The van der Waals surface area contributed by atoms with E-state index < -0.39 is 0 Å². The number of hydrogen-bond acceptors (Lipinski definition) is 7. The highest BCUT2D eigenvalue weighted by Crippen LogP contribution is 2.35. The molecule has 0 unspecified atom stereocenters. The molecule has 202 valence electrons. The summed E-state index contributed by atoms with van der Waals surface area (Å²) in [4.78, 5) is 36.4. The molecule has 1 aromatic heterocycles. The van der Waals surface area contributed by atoms with E-state index in [2.05, 4.69) is 0 Å². The monoisotopic (exact) mass is 520 g/mol. The van der Waals surface area contributed by atoms with Gasteiger partial charge in [0.1, 0.15) is 28.6 Å². The molecule has 0 N–H and O–H groups in total. The van der Waals surface area contributed by atoms with Crippen LogP contribution in [0.5, 0.6) is 17.2 Å². The Hall–Kier alpha value is -4.01. The fourth-order valence-corrected chi connectivity index (χ4v) is 4.85. The zero-order valence-electron chi connectivity index (χ0n) is 22.8. The highest BCUT2D eigenvalue weighted by atomic mass is 16.5. The van der Waals surface area contributed by atoms with Crippen molar-refractivity contribution in [2.24, 2.45) is 0 Å². The summed E-state index contributed by atoms with van der Waals surface area (Å²) in [6, 6.07) is 12.8. The van der Waals surface area contributed by atoms with Gasteiger partial charge in [0.25, 0.3) is 5.91 Å². The van der Waals surface area contributed by atoms with Crippen LogP contribution in [0.2, 0.25) is 0 Å². The summed E-state index contributed by atoms with van der Waals surface area (Å²) in [6.45, 7) is 2.25. The molecule has 0 saturated carbocycles. The number of fused-ring (bicyclic) bond motifs is 1. The Morgan fingerprint density at radius 3 is 2.32 bits per heavy atom. The van der Waals surface area contributed by atoms with Crippen LogP contribution in [0.1, 0.15) is 35.2 Å². The topological polar surface area (TPSA) is 84.4 Å². The molecule has 1 fully saturated rings. The number of aromatic nitrogens is 1. The fraction of sp³-hybridized carbons (Fsp3) is 0.414.